The molecule has 0 aliphatic heterocycles. The number of hydrogen-bond acceptors (Lipinski definition) is 2. The fourth-order valence-corrected chi connectivity index (χ4v) is 1.71. The number of ether oxygens (including phenoxy) is 1. The Bertz CT molecular complexity index is 492. The van der Waals surface area contributed by atoms with Crippen LogP contribution in [0.4, 0.5) is 22.4 Å². The first-order valence-corrected chi connectivity index (χ1v) is 6.13. The van der Waals surface area contributed by atoms with Crippen molar-refractivity contribution in [1.82, 2.24) is 10.6 Å². The zero-order valence-corrected chi connectivity index (χ0v) is 11.6. The van der Waals surface area contributed by atoms with Crippen molar-refractivity contribution >= 4 is 6.03 Å². The third kappa shape index (κ3) is 5.58. The first-order chi connectivity index (χ1) is 9.74. The highest BCUT2D eigenvalue weighted by atomic mass is 19.4. The van der Waals surface area contributed by atoms with Crippen LogP contribution in [0.15, 0.2) is 18.2 Å². The molecular weight excluding hydrogens is 292 g/mol. The number of halogens is 4. The van der Waals surface area contributed by atoms with Crippen molar-refractivity contribution in [1.29, 1.82) is 0 Å². The maximum Gasteiger partial charge on any atom is 0.416 e. The molecule has 1 aromatic carbocycles. The molecule has 0 bridgehead atoms. The Morgan fingerprint density at radius 2 is 2.05 bits per heavy atom. The normalized spacial score (nSPS) is 12.9. The molecule has 0 saturated heterocycles. The molecule has 1 rings (SSSR count). The first-order valence-electron chi connectivity index (χ1n) is 6.13. The molecule has 0 radical (unpaired) electrons. The summed E-state index contributed by atoms with van der Waals surface area (Å²) >= 11 is 0. The van der Waals surface area contributed by atoms with Gasteiger partial charge in [-0.3, -0.25) is 0 Å². The molecule has 118 valence electrons. The van der Waals surface area contributed by atoms with E-state index in [0.717, 1.165) is 12.1 Å². The second kappa shape index (κ2) is 7.26. The van der Waals surface area contributed by atoms with Gasteiger partial charge in [0.25, 0.3) is 0 Å². The van der Waals surface area contributed by atoms with Crippen molar-refractivity contribution in [2.45, 2.75) is 25.7 Å². The number of hydrogen-bond donors (Lipinski definition) is 2. The summed E-state index contributed by atoms with van der Waals surface area (Å²) in [4.78, 5) is 11.5. The highest BCUT2D eigenvalue weighted by Crippen LogP contribution is 2.32. The minimum atomic E-state index is -4.68. The van der Waals surface area contributed by atoms with Crippen LogP contribution < -0.4 is 10.6 Å². The zero-order valence-electron chi connectivity index (χ0n) is 11.6. The lowest BCUT2D eigenvalue weighted by molar-refractivity contribution is -0.138. The molecule has 0 aliphatic carbocycles. The number of carbonyl (C=O) groups excluding carboxylic acids is 1. The fraction of sp³-hybridized carbons (Fsp3) is 0.462. The van der Waals surface area contributed by atoms with Crippen LogP contribution in [0.1, 0.15) is 18.1 Å². The van der Waals surface area contributed by atoms with Gasteiger partial charge in [-0.15, -0.1) is 0 Å². The number of methoxy groups -OCH3 is 1. The van der Waals surface area contributed by atoms with E-state index in [0.29, 0.717) is 6.07 Å². The molecule has 0 aliphatic rings. The maximum absolute atomic E-state index is 12.9. The molecule has 0 spiro atoms. The number of urea groups is 1. The molecule has 2 N–H and O–H groups in total. The molecular formula is C13H16F4N2O2. The van der Waals surface area contributed by atoms with Gasteiger partial charge in [-0.1, -0.05) is 6.07 Å². The van der Waals surface area contributed by atoms with E-state index in [-0.39, 0.29) is 24.8 Å². The van der Waals surface area contributed by atoms with Gasteiger partial charge >= 0.3 is 12.2 Å². The van der Waals surface area contributed by atoms with Gasteiger partial charge in [0.2, 0.25) is 0 Å². The van der Waals surface area contributed by atoms with Gasteiger partial charge < -0.3 is 15.4 Å². The predicted octanol–water partition coefficient (Wildman–Crippen LogP) is 2.68. The largest absolute Gasteiger partial charge is 0.416 e. The molecule has 1 atom stereocenters. The van der Waals surface area contributed by atoms with Gasteiger partial charge in [0.15, 0.2) is 0 Å². The molecule has 0 heterocycles. The summed E-state index contributed by atoms with van der Waals surface area (Å²) in [5, 5.41) is 4.78. The average Bonchev–Trinajstić information content (AvgIpc) is 2.36. The van der Waals surface area contributed by atoms with Crippen LogP contribution in [-0.4, -0.2) is 25.8 Å². The summed E-state index contributed by atoms with van der Waals surface area (Å²) in [6.45, 7) is 1.60. The van der Waals surface area contributed by atoms with Crippen LogP contribution in [0.2, 0.25) is 0 Å². The molecule has 1 unspecified atom stereocenters. The van der Waals surface area contributed by atoms with Crippen LogP contribution >= 0.6 is 0 Å². The van der Waals surface area contributed by atoms with Gasteiger partial charge in [-0.25, -0.2) is 9.18 Å². The molecule has 1 aromatic rings. The van der Waals surface area contributed by atoms with E-state index in [4.69, 9.17) is 4.74 Å². The van der Waals surface area contributed by atoms with Crippen molar-refractivity contribution in [3.05, 3.63) is 35.1 Å². The van der Waals surface area contributed by atoms with Crippen molar-refractivity contribution < 1.29 is 27.1 Å². The smallest absolute Gasteiger partial charge is 0.383 e. The van der Waals surface area contributed by atoms with Gasteiger partial charge in [0.1, 0.15) is 5.82 Å². The topological polar surface area (TPSA) is 50.4 Å². The quantitative estimate of drug-likeness (QED) is 0.822. The Morgan fingerprint density at radius 1 is 1.38 bits per heavy atom. The number of nitrogens with one attached hydrogen (secondary N) is 2. The van der Waals surface area contributed by atoms with Crippen LogP contribution in [0.25, 0.3) is 0 Å². The lowest BCUT2D eigenvalue weighted by Crippen LogP contribution is -2.42. The zero-order chi connectivity index (χ0) is 16.0. The van der Waals surface area contributed by atoms with Crippen LogP contribution in [-0.2, 0) is 17.5 Å². The third-order valence-electron chi connectivity index (χ3n) is 2.61. The average molecular weight is 308 g/mol. The van der Waals surface area contributed by atoms with Crippen LogP contribution in [0, 0.1) is 5.82 Å². The molecule has 4 nitrogen and oxygen atoms in total. The Hall–Kier alpha value is -1.83. The second-order valence-corrected chi connectivity index (χ2v) is 4.48. The van der Waals surface area contributed by atoms with Crippen molar-refractivity contribution in [3.63, 3.8) is 0 Å². The monoisotopic (exact) mass is 308 g/mol. The summed E-state index contributed by atoms with van der Waals surface area (Å²) in [6.07, 6.45) is -4.68. The first kappa shape index (κ1) is 17.2. The number of alkyl halides is 3. The summed E-state index contributed by atoms with van der Waals surface area (Å²) < 4.78 is 56.0. The van der Waals surface area contributed by atoms with Gasteiger partial charge in [0.05, 0.1) is 18.2 Å². The van der Waals surface area contributed by atoms with Crippen LogP contribution in [0.5, 0.6) is 0 Å². The summed E-state index contributed by atoms with van der Waals surface area (Å²) in [5.41, 5.74) is -1.31. The highest BCUT2D eigenvalue weighted by Gasteiger charge is 2.33. The Kier molecular flexibility index (Phi) is 5.95. The second-order valence-electron chi connectivity index (χ2n) is 4.48. The maximum atomic E-state index is 12.9. The Labute approximate surface area is 119 Å². The molecule has 0 aromatic heterocycles. The lowest BCUT2D eigenvalue weighted by atomic mass is 10.1. The number of amides is 2. The van der Waals surface area contributed by atoms with Gasteiger partial charge in [-0.2, -0.15) is 13.2 Å². The van der Waals surface area contributed by atoms with E-state index < -0.39 is 23.6 Å². The summed E-state index contributed by atoms with van der Waals surface area (Å²) in [7, 11) is 1.46. The van der Waals surface area contributed by atoms with Crippen molar-refractivity contribution in [2.24, 2.45) is 0 Å². The molecule has 8 heteroatoms. The van der Waals surface area contributed by atoms with Crippen molar-refractivity contribution in [2.75, 3.05) is 13.7 Å². The lowest BCUT2D eigenvalue weighted by Gasteiger charge is -2.16. The fourth-order valence-electron chi connectivity index (χ4n) is 1.71. The number of rotatable bonds is 5. The van der Waals surface area contributed by atoms with E-state index in [9.17, 15) is 22.4 Å². The van der Waals surface area contributed by atoms with Gasteiger partial charge in [-0.05, 0) is 24.6 Å². The van der Waals surface area contributed by atoms with Crippen molar-refractivity contribution in [3.8, 4) is 0 Å². The standard InChI is InChI=1S/C13H16F4N2O2/c1-8(7-21-2)19-12(20)18-6-9-3-4-10(14)5-11(9)13(15,16)17/h3-5,8H,6-7H2,1-2H3,(H2,18,19,20). The van der Waals surface area contributed by atoms with E-state index in [1.54, 1.807) is 6.92 Å². The minimum Gasteiger partial charge on any atom is -0.383 e. The number of benzene rings is 1. The molecule has 0 fully saturated rings. The highest BCUT2D eigenvalue weighted by molar-refractivity contribution is 5.74. The predicted molar refractivity (Wildman–Crippen MR) is 68.1 cm³/mol. The molecule has 0 saturated carbocycles. The molecule has 21 heavy (non-hydrogen) atoms. The van der Waals surface area contributed by atoms with Crippen LogP contribution in [0.3, 0.4) is 0 Å². The Morgan fingerprint density at radius 3 is 2.62 bits per heavy atom. The van der Waals surface area contributed by atoms with E-state index in [1.165, 1.54) is 7.11 Å². The molecule has 2 amide bonds. The van der Waals surface area contributed by atoms with E-state index >= 15 is 0 Å². The Balaban J connectivity index is 2.69. The SMILES string of the molecule is COCC(C)NC(=O)NCc1ccc(F)cc1C(F)(F)F. The summed E-state index contributed by atoms with van der Waals surface area (Å²) in [6, 6.07) is 1.40. The van der Waals surface area contributed by atoms with Gasteiger partial charge in [0, 0.05) is 13.7 Å². The van der Waals surface area contributed by atoms with E-state index in [1.807, 2.05) is 0 Å². The summed E-state index contributed by atoms with van der Waals surface area (Å²) in [5.74, 6) is -0.982. The number of carbonyl (C=O) groups is 1. The minimum absolute atomic E-state index is 0.210. The van der Waals surface area contributed by atoms with E-state index in [2.05, 4.69) is 10.6 Å². The third-order valence-corrected chi connectivity index (χ3v) is 2.61.